The molecule has 3 atom stereocenters. The van der Waals surface area contributed by atoms with Crippen molar-refractivity contribution in [3.8, 4) is 0 Å². The molecule has 0 aromatic heterocycles. The highest BCUT2D eigenvalue weighted by Gasteiger charge is 2.32. The summed E-state index contributed by atoms with van der Waals surface area (Å²) in [7, 11) is 0. The summed E-state index contributed by atoms with van der Waals surface area (Å²) >= 11 is 0. The molecule has 2 N–H and O–H groups in total. The van der Waals surface area contributed by atoms with Crippen molar-refractivity contribution in [2.24, 2.45) is 11.8 Å². The number of likely N-dealkylation sites (tertiary alicyclic amines) is 1. The lowest BCUT2D eigenvalue weighted by Gasteiger charge is -2.36. The monoisotopic (exact) mass is 346 g/mol. The van der Waals surface area contributed by atoms with Crippen LogP contribution in [0.3, 0.4) is 0 Å². The summed E-state index contributed by atoms with van der Waals surface area (Å²) < 4.78 is 0. The van der Waals surface area contributed by atoms with E-state index in [0.717, 1.165) is 18.4 Å². The van der Waals surface area contributed by atoms with Gasteiger partial charge in [-0.25, -0.2) is 0 Å². The van der Waals surface area contributed by atoms with E-state index in [1.807, 2.05) is 44.2 Å². The van der Waals surface area contributed by atoms with Crippen LogP contribution in [0, 0.1) is 11.8 Å². The van der Waals surface area contributed by atoms with Gasteiger partial charge in [0.05, 0.1) is 6.10 Å². The van der Waals surface area contributed by atoms with E-state index in [-0.39, 0.29) is 23.7 Å². The molecule has 0 bridgehead atoms. The van der Waals surface area contributed by atoms with Gasteiger partial charge in [0, 0.05) is 25.4 Å². The summed E-state index contributed by atoms with van der Waals surface area (Å²) in [4.78, 5) is 27.2. The van der Waals surface area contributed by atoms with Crippen molar-refractivity contribution < 1.29 is 14.7 Å². The molecule has 1 heterocycles. The van der Waals surface area contributed by atoms with Crippen LogP contribution in [0.1, 0.15) is 51.6 Å². The van der Waals surface area contributed by atoms with Crippen LogP contribution in [0.2, 0.25) is 0 Å². The van der Waals surface area contributed by atoms with Crippen molar-refractivity contribution >= 4 is 11.8 Å². The van der Waals surface area contributed by atoms with Crippen LogP contribution in [-0.2, 0) is 9.59 Å². The molecule has 5 heteroatoms. The van der Waals surface area contributed by atoms with Gasteiger partial charge in [-0.15, -0.1) is 0 Å². The molecule has 0 radical (unpaired) electrons. The summed E-state index contributed by atoms with van der Waals surface area (Å²) in [6.07, 6.45) is 1.77. The van der Waals surface area contributed by atoms with Crippen LogP contribution >= 0.6 is 0 Å². The van der Waals surface area contributed by atoms with E-state index in [4.69, 9.17) is 0 Å². The molecular formula is C20H30N2O3. The number of benzene rings is 1. The van der Waals surface area contributed by atoms with E-state index < -0.39 is 12.1 Å². The average Bonchev–Trinajstić information content (AvgIpc) is 2.59. The van der Waals surface area contributed by atoms with Crippen LogP contribution in [0.5, 0.6) is 0 Å². The molecule has 1 aromatic carbocycles. The van der Waals surface area contributed by atoms with Gasteiger partial charge in [0.25, 0.3) is 0 Å². The fraction of sp³-hybridized carbons (Fsp3) is 0.600. The summed E-state index contributed by atoms with van der Waals surface area (Å²) in [6.45, 7) is 6.96. The van der Waals surface area contributed by atoms with Crippen molar-refractivity contribution in [2.75, 3.05) is 13.1 Å². The SMILES string of the molecule is CC(C)CC(=O)NC(C(=O)N1CCCC(C(C)O)C1)c1ccccc1. The molecule has 0 aliphatic carbocycles. The van der Waals surface area contributed by atoms with Crippen molar-refractivity contribution in [3.05, 3.63) is 35.9 Å². The minimum Gasteiger partial charge on any atom is -0.393 e. The maximum absolute atomic E-state index is 13.1. The first kappa shape index (κ1) is 19.4. The zero-order chi connectivity index (χ0) is 18.4. The van der Waals surface area contributed by atoms with Crippen LogP contribution in [0.4, 0.5) is 0 Å². The topological polar surface area (TPSA) is 69.6 Å². The normalized spacial score (nSPS) is 20.2. The molecule has 1 aliphatic heterocycles. The Morgan fingerprint density at radius 1 is 1.24 bits per heavy atom. The lowest BCUT2D eigenvalue weighted by Crippen LogP contribution is -2.48. The Hall–Kier alpha value is -1.88. The molecule has 1 fully saturated rings. The standard InChI is InChI=1S/C20H30N2O3/c1-14(2)12-18(24)21-19(16-8-5-4-6-9-16)20(25)22-11-7-10-17(13-22)15(3)23/h4-6,8-9,14-15,17,19,23H,7,10-13H2,1-3H3,(H,21,24). The van der Waals surface area contributed by atoms with E-state index in [2.05, 4.69) is 5.32 Å². The van der Waals surface area contributed by atoms with Crippen molar-refractivity contribution in [1.29, 1.82) is 0 Å². The summed E-state index contributed by atoms with van der Waals surface area (Å²) in [5, 5.41) is 12.8. The third-order valence-corrected chi connectivity index (χ3v) is 4.73. The van der Waals surface area contributed by atoms with E-state index >= 15 is 0 Å². The number of piperidine rings is 1. The van der Waals surface area contributed by atoms with Gasteiger partial charge in [-0.3, -0.25) is 9.59 Å². The van der Waals surface area contributed by atoms with Gasteiger partial charge >= 0.3 is 0 Å². The van der Waals surface area contributed by atoms with Gasteiger partial charge in [0.2, 0.25) is 11.8 Å². The van der Waals surface area contributed by atoms with E-state index in [0.29, 0.717) is 19.5 Å². The van der Waals surface area contributed by atoms with E-state index in [9.17, 15) is 14.7 Å². The number of amides is 2. The Morgan fingerprint density at radius 3 is 2.52 bits per heavy atom. The van der Waals surface area contributed by atoms with Crippen molar-refractivity contribution in [2.45, 2.75) is 52.2 Å². The summed E-state index contributed by atoms with van der Waals surface area (Å²) in [5.74, 6) is 0.136. The van der Waals surface area contributed by atoms with Gasteiger partial charge < -0.3 is 15.3 Å². The van der Waals surface area contributed by atoms with Crippen LogP contribution in [-0.4, -0.2) is 41.0 Å². The molecule has 1 aliphatic rings. The Balaban J connectivity index is 2.16. The van der Waals surface area contributed by atoms with Gasteiger partial charge in [-0.05, 0) is 31.2 Å². The highest BCUT2D eigenvalue weighted by molar-refractivity contribution is 5.88. The number of aliphatic hydroxyl groups is 1. The number of carbonyl (C=O) groups is 2. The van der Waals surface area contributed by atoms with E-state index in [1.54, 1.807) is 11.8 Å². The fourth-order valence-corrected chi connectivity index (χ4v) is 3.31. The van der Waals surface area contributed by atoms with Crippen LogP contribution in [0.25, 0.3) is 0 Å². The smallest absolute Gasteiger partial charge is 0.249 e. The van der Waals surface area contributed by atoms with Crippen LogP contribution < -0.4 is 5.32 Å². The summed E-state index contributed by atoms with van der Waals surface area (Å²) in [6, 6.07) is 8.71. The molecule has 2 amide bonds. The molecule has 1 aromatic rings. The maximum atomic E-state index is 13.1. The first-order valence-corrected chi connectivity index (χ1v) is 9.19. The maximum Gasteiger partial charge on any atom is 0.249 e. The first-order valence-electron chi connectivity index (χ1n) is 9.19. The average molecular weight is 346 g/mol. The predicted octanol–water partition coefficient (Wildman–Crippen LogP) is 2.51. The summed E-state index contributed by atoms with van der Waals surface area (Å²) in [5.41, 5.74) is 0.795. The van der Waals surface area contributed by atoms with Gasteiger partial charge in [0.15, 0.2) is 0 Å². The second-order valence-corrected chi connectivity index (χ2v) is 7.44. The number of hydrogen-bond donors (Lipinski definition) is 2. The lowest BCUT2D eigenvalue weighted by molar-refractivity contribution is -0.139. The molecule has 25 heavy (non-hydrogen) atoms. The minimum absolute atomic E-state index is 0.0892. The zero-order valence-corrected chi connectivity index (χ0v) is 15.4. The van der Waals surface area contributed by atoms with Crippen molar-refractivity contribution in [3.63, 3.8) is 0 Å². The molecule has 1 saturated heterocycles. The quantitative estimate of drug-likeness (QED) is 0.831. The van der Waals surface area contributed by atoms with Crippen LogP contribution in [0.15, 0.2) is 30.3 Å². The highest BCUT2D eigenvalue weighted by atomic mass is 16.3. The molecule has 2 rings (SSSR count). The number of nitrogens with zero attached hydrogens (tertiary/aromatic N) is 1. The first-order chi connectivity index (χ1) is 11.9. The number of hydrogen-bond acceptors (Lipinski definition) is 3. The van der Waals surface area contributed by atoms with Gasteiger partial charge in [-0.1, -0.05) is 44.2 Å². The largest absolute Gasteiger partial charge is 0.393 e. The predicted molar refractivity (Wildman–Crippen MR) is 97.8 cm³/mol. The zero-order valence-electron chi connectivity index (χ0n) is 15.4. The van der Waals surface area contributed by atoms with E-state index in [1.165, 1.54) is 0 Å². The molecule has 5 nitrogen and oxygen atoms in total. The second kappa shape index (κ2) is 8.99. The number of aliphatic hydroxyl groups excluding tert-OH is 1. The molecular weight excluding hydrogens is 316 g/mol. The number of rotatable bonds is 6. The Morgan fingerprint density at radius 2 is 1.92 bits per heavy atom. The number of nitrogens with one attached hydrogen (secondary N) is 1. The highest BCUT2D eigenvalue weighted by Crippen LogP contribution is 2.24. The van der Waals surface area contributed by atoms with Crippen molar-refractivity contribution in [1.82, 2.24) is 10.2 Å². The molecule has 0 saturated carbocycles. The minimum atomic E-state index is -0.666. The molecule has 138 valence electrons. The second-order valence-electron chi connectivity index (χ2n) is 7.44. The molecule has 0 spiro atoms. The Bertz CT molecular complexity index is 572. The Labute approximate surface area is 150 Å². The Kier molecular flexibility index (Phi) is 7.00. The molecule has 3 unspecified atom stereocenters. The fourth-order valence-electron chi connectivity index (χ4n) is 3.31. The third-order valence-electron chi connectivity index (χ3n) is 4.73. The lowest BCUT2D eigenvalue weighted by atomic mass is 9.92. The van der Waals surface area contributed by atoms with Gasteiger partial charge in [0.1, 0.15) is 6.04 Å². The third kappa shape index (κ3) is 5.56. The number of carbonyl (C=O) groups excluding carboxylic acids is 2. The van der Waals surface area contributed by atoms with Gasteiger partial charge in [-0.2, -0.15) is 0 Å².